The van der Waals surface area contributed by atoms with Crippen molar-refractivity contribution in [2.45, 2.75) is 63.0 Å². The van der Waals surface area contributed by atoms with Gasteiger partial charge >= 0.3 is 12.4 Å². The van der Waals surface area contributed by atoms with Crippen LogP contribution in [0.3, 0.4) is 0 Å². The lowest BCUT2D eigenvalue weighted by Gasteiger charge is -2.37. The van der Waals surface area contributed by atoms with Crippen molar-refractivity contribution >= 4 is 11.6 Å². The van der Waals surface area contributed by atoms with Crippen molar-refractivity contribution in [3.8, 4) is 11.5 Å². The summed E-state index contributed by atoms with van der Waals surface area (Å²) in [6.45, 7) is 2.62. The highest BCUT2D eigenvalue weighted by Crippen LogP contribution is 2.38. The molecule has 5 rings (SSSR count). The second-order valence-corrected chi connectivity index (χ2v) is 11.2. The van der Waals surface area contributed by atoms with Gasteiger partial charge in [0.05, 0.1) is 23.7 Å². The standard InChI is InChI=1S/C30H33F6N3O4/c31-29(32,33)21-12-19(13-22(15-21)30(34,35)36)16-41-17-25(37)24(20-3-4-26-27(14-20)43-18-42-26)7-11-38-9-5-23(6-10-38)39-8-1-2-28(39)40/h3-4,12-15,23-24,37H,1-2,5-11,16-18H2/p+1. The maximum atomic E-state index is 13.3. The van der Waals surface area contributed by atoms with Crippen LogP contribution in [0.5, 0.6) is 11.5 Å². The number of hydrogen-bond acceptors (Lipinski definition) is 5. The lowest BCUT2D eigenvalue weighted by Crippen LogP contribution is -2.48. The monoisotopic (exact) mass is 614 g/mol. The fourth-order valence-electron chi connectivity index (χ4n) is 6.01. The lowest BCUT2D eigenvalue weighted by molar-refractivity contribution is -0.143. The van der Waals surface area contributed by atoms with E-state index in [-0.39, 0.29) is 42.9 Å². The SMILES string of the molecule is [NH2+]=C(COCc1cc(C(F)(F)F)cc(C(F)(F)F)c1)C(CCN1CCC(N2CCCC2=O)CC1)c1ccc2c(c1)OCO2. The molecule has 0 saturated carbocycles. The van der Waals surface area contributed by atoms with Crippen LogP contribution in [0, 0.1) is 0 Å². The Balaban J connectivity index is 1.23. The molecule has 13 heteroatoms. The van der Waals surface area contributed by atoms with E-state index in [0.29, 0.717) is 48.7 Å². The number of carbonyl (C=O) groups is 1. The average molecular weight is 615 g/mol. The van der Waals surface area contributed by atoms with Crippen LogP contribution in [0.1, 0.15) is 60.3 Å². The van der Waals surface area contributed by atoms with Gasteiger partial charge in [0.15, 0.2) is 17.2 Å². The third-order valence-electron chi connectivity index (χ3n) is 8.27. The molecule has 1 unspecified atom stereocenters. The minimum Gasteiger partial charge on any atom is -0.454 e. The van der Waals surface area contributed by atoms with Gasteiger partial charge in [-0.2, -0.15) is 26.3 Å². The van der Waals surface area contributed by atoms with E-state index in [0.717, 1.165) is 44.5 Å². The van der Waals surface area contributed by atoms with E-state index in [1.165, 1.54) is 0 Å². The zero-order valence-electron chi connectivity index (χ0n) is 23.5. The normalized spacial score (nSPS) is 18.8. The molecule has 1 atom stereocenters. The molecule has 3 aliphatic rings. The summed E-state index contributed by atoms with van der Waals surface area (Å²) < 4.78 is 96.1. The number of nitrogens with zero attached hydrogens (tertiary/aromatic N) is 2. The van der Waals surface area contributed by atoms with Crippen LogP contribution in [0.25, 0.3) is 0 Å². The predicted molar refractivity (Wildman–Crippen MR) is 143 cm³/mol. The zero-order chi connectivity index (χ0) is 30.8. The molecule has 2 aromatic rings. The van der Waals surface area contributed by atoms with Gasteiger partial charge in [0, 0.05) is 32.1 Å². The molecule has 1 amide bonds. The summed E-state index contributed by atoms with van der Waals surface area (Å²) in [4.78, 5) is 16.5. The van der Waals surface area contributed by atoms with Crippen LogP contribution in [-0.2, 0) is 28.5 Å². The van der Waals surface area contributed by atoms with Crippen molar-refractivity contribution in [3.05, 3.63) is 58.7 Å². The van der Waals surface area contributed by atoms with Gasteiger partial charge in [0.1, 0.15) is 6.61 Å². The molecule has 2 N–H and O–H groups in total. The molecule has 234 valence electrons. The molecule has 2 saturated heterocycles. The van der Waals surface area contributed by atoms with Crippen molar-refractivity contribution in [1.29, 1.82) is 0 Å². The number of hydrogen-bond donors (Lipinski definition) is 1. The number of rotatable bonds is 10. The number of amides is 1. The number of piperidine rings is 1. The van der Waals surface area contributed by atoms with E-state index in [1.807, 2.05) is 17.0 Å². The molecule has 0 radical (unpaired) electrons. The quantitative estimate of drug-likeness (QED) is 0.317. The molecular weight excluding hydrogens is 580 g/mol. The predicted octanol–water partition coefficient (Wildman–Crippen LogP) is 4.43. The highest BCUT2D eigenvalue weighted by atomic mass is 19.4. The van der Waals surface area contributed by atoms with Crippen molar-refractivity contribution < 1.29 is 50.8 Å². The third-order valence-corrected chi connectivity index (χ3v) is 8.27. The zero-order valence-corrected chi connectivity index (χ0v) is 23.5. The second kappa shape index (κ2) is 12.7. The minimum absolute atomic E-state index is 0.0887. The molecule has 3 aliphatic heterocycles. The highest BCUT2D eigenvalue weighted by molar-refractivity contribution is 5.87. The summed E-state index contributed by atoms with van der Waals surface area (Å²) in [5, 5.41) is 6.49. The first-order valence-electron chi connectivity index (χ1n) is 14.3. The number of nitrogens with two attached hydrogens (primary N) is 1. The number of fused-ring (bicyclic) bond motifs is 1. The molecule has 3 heterocycles. The maximum Gasteiger partial charge on any atom is 0.416 e. The number of benzene rings is 2. The van der Waals surface area contributed by atoms with Gasteiger partial charge in [-0.1, -0.05) is 6.07 Å². The molecule has 0 bridgehead atoms. The topological polar surface area (TPSA) is 76.8 Å². The van der Waals surface area contributed by atoms with Gasteiger partial charge in [0.25, 0.3) is 0 Å². The smallest absolute Gasteiger partial charge is 0.416 e. The first-order chi connectivity index (χ1) is 20.4. The van der Waals surface area contributed by atoms with Gasteiger partial charge in [-0.3, -0.25) is 10.2 Å². The highest BCUT2D eigenvalue weighted by Gasteiger charge is 2.37. The molecule has 43 heavy (non-hydrogen) atoms. The Morgan fingerprint density at radius 2 is 1.63 bits per heavy atom. The molecular formula is C30H34F6N3O4+. The first-order valence-corrected chi connectivity index (χ1v) is 14.3. The molecule has 7 nitrogen and oxygen atoms in total. The Hall–Kier alpha value is -3.32. The number of ether oxygens (including phenoxy) is 3. The second-order valence-electron chi connectivity index (χ2n) is 11.2. The van der Waals surface area contributed by atoms with Crippen LogP contribution in [0.4, 0.5) is 26.3 Å². The van der Waals surface area contributed by atoms with Gasteiger partial charge in [-0.15, -0.1) is 0 Å². The van der Waals surface area contributed by atoms with E-state index < -0.39 is 30.1 Å². The molecule has 2 fully saturated rings. The Morgan fingerprint density at radius 1 is 0.953 bits per heavy atom. The summed E-state index contributed by atoms with van der Waals surface area (Å²) in [5.41, 5.74) is -1.82. The summed E-state index contributed by atoms with van der Waals surface area (Å²) >= 11 is 0. The van der Waals surface area contributed by atoms with Gasteiger partial charge in [-0.05, 0) is 73.7 Å². The fourth-order valence-corrected chi connectivity index (χ4v) is 6.01. The minimum atomic E-state index is -4.94. The van der Waals surface area contributed by atoms with Crippen molar-refractivity contribution in [3.63, 3.8) is 0 Å². The van der Waals surface area contributed by atoms with Crippen molar-refractivity contribution in [2.24, 2.45) is 0 Å². The van der Waals surface area contributed by atoms with Gasteiger partial charge < -0.3 is 24.0 Å². The fraction of sp³-hybridized carbons (Fsp3) is 0.533. The average Bonchev–Trinajstić information content (AvgIpc) is 3.61. The molecule has 0 spiro atoms. The Morgan fingerprint density at radius 3 is 2.26 bits per heavy atom. The third kappa shape index (κ3) is 7.61. The van der Waals surface area contributed by atoms with Crippen LogP contribution >= 0.6 is 0 Å². The van der Waals surface area contributed by atoms with Crippen LogP contribution in [0.2, 0.25) is 0 Å². The molecule has 2 aromatic carbocycles. The lowest BCUT2D eigenvalue weighted by atomic mass is 9.90. The van der Waals surface area contributed by atoms with Crippen molar-refractivity contribution in [1.82, 2.24) is 9.80 Å². The Labute approximate surface area is 245 Å². The Kier molecular flexibility index (Phi) is 9.21. The van der Waals surface area contributed by atoms with Gasteiger partial charge in [0.2, 0.25) is 12.7 Å². The molecule has 0 aromatic heterocycles. The van der Waals surface area contributed by atoms with Gasteiger partial charge in [-0.25, -0.2) is 0 Å². The van der Waals surface area contributed by atoms with E-state index in [1.54, 1.807) is 6.07 Å². The van der Waals surface area contributed by atoms with E-state index >= 15 is 0 Å². The van der Waals surface area contributed by atoms with E-state index in [2.05, 4.69) is 4.90 Å². The number of carbonyl (C=O) groups excluding carboxylic acids is 1. The van der Waals surface area contributed by atoms with Crippen LogP contribution in [0.15, 0.2) is 36.4 Å². The summed E-state index contributed by atoms with van der Waals surface area (Å²) in [7, 11) is 0. The number of halogens is 6. The van der Waals surface area contributed by atoms with Crippen LogP contribution in [-0.4, -0.2) is 67.0 Å². The Bertz CT molecular complexity index is 1290. The summed E-state index contributed by atoms with van der Waals surface area (Å²) in [5.74, 6) is 1.07. The molecule has 0 aliphatic carbocycles. The van der Waals surface area contributed by atoms with Crippen LogP contribution < -0.4 is 14.9 Å². The summed E-state index contributed by atoms with van der Waals surface area (Å²) in [6.07, 6.45) is -5.98. The number of alkyl halides is 6. The maximum absolute atomic E-state index is 13.3. The van der Waals surface area contributed by atoms with Crippen molar-refractivity contribution in [2.75, 3.05) is 39.6 Å². The summed E-state index contributed by atoms with van der Waals surface area (Å²) in [6, 6.07) is 7.12. The largest absolute Gasteiger partial charge is 0.454 e. The van der Waals surface area contributed by atoms with E-state index in [9.17, 15) is 31.1 Å². The van der Waals surface area contributed by atoms with E-state index in [4.69, 9.17) is 19.6 Å². The number of likely N-dealkylation sites (tertiary alicyclic amines) is 2. The first kappa shape index (κ1) is 31.1.